The smallest absolute Gasteiger partial charge is 0.142 e. The normalized spacial score (nSPS) is 15.3. The van der Waals surface area contributed by atoms with Crippen LogP contribution in [0.15, 0.2) is 36.4 Å². The highest BCUT2D eigenvalue weighted by molar-refractivity contribution is 6.30. The van der Waals surface area contributed by atoms with Gasteiger partial charge in [-0.1, -0.05) is 35.9 Å². The van der Waals surface area contributed by atoms with E-state index >= 15 is 0 Å². The minimum Gasteiger partial charge on any atom is -0.372 e. The third-order valence-electron chi connectivity index (χ3n) is 3.41. The van der Waals surface area contributed by atoms with Crippen molar-refractivity contribution in [2.45, 2.75) is 19.3 Å². The molecule has 1 atom stereocenters. The van der Waals surface area contributed by atoms with Crippen molar-refractivity contribution < 1.29 is 9.13 Å². The van der Waals surface area contributed by atoms with Gasteiger partial charge in [0.05, 0.1) is 24.3 Å². The van der Waals surface area contributed by atoms with Crippen LogP contribution in [-0.2, 0) is 18.0 Å². The van der Waals surface area contributed by atoms with E-state index in [1.54, 1.807) is 6.07 Å². The Hall–Kier alpha value is -1.42. The molecule has 0 aromatic heterocycles. The van der Waals surface area contributed by atoms with Crippen molar-refractivity contribution >= 4 is 11.6 Å². The van der Waals surface area contributed by atoms with E-state index in [-0.39, 0.29) is 11.1 Å². The molecule has 1 aliphatic heterocycles. The third-order valence-corrected chi connectivity index (χ3v) is 3.71. The minimum atomic E-state index is -0.445. The highest BCUT2D eigenvalue weighted by Crippen LogP contribution is 2.27. The Morgan fingerprint density at radius 3 is 2.53 bits per heavy atom. The monoisotopic (exact) mass is 277 g/mol. The molecule has 0 saturated heterocycles. The highest BCUT2D eigenvalue weighted by Gasteiger charge is 2.16. The molecule has 1 heterocycles. The molecule has 0 radical (unpaired) electrons. The number of hydrogen-bond acceptors (Lipinski definition) is 2. The van der Waals surface area contributed by atoms with Crippen molar-refractivity contribution in [3.63, 3.8) is 0 Å². The lowest BCUT2D eigenvalue weighted by Gasteiger charge is -2.14. The summed E-state index contributed by atoms with van der Waals surface area (Å²) in [5, 5.41) is 0.110. The molecule has 0 fully saturated rings. The van der Waals surface area contributed by atoms with Gasteiger partial charge in [-0.2, -0.15) is 0 Å². The molecular formula is C15H13ClFNO. The van der Waals surface area contributed by atoms with Crippen LogP contribution in [0.2, 0.25) is 5.02 Å². The molecule has 3 rings (SSSR count). The predicted octanol–water partition coefficient (Wildman–Crippen LogP) is 3.56. The van der Waals surface area contributed by atoms with E-state index in [2.05, 4.69) is 0 Å². The quantitative estimate of drug-likeness (QED) is 0.911. The molecule has 0 saturated carbocycles. The van der Waals surface area contributed by atoms with Gasteiger partial charge in [-0.15, -0.1) is 0 Å². The number of rotatable bonds is 2. The van der Waals surface area contributed by atoms with Crippen molar-refractivity contribution in [1.82, 2.24) is 0 Å². The van der Waals surface area contributed by atoms with E-state index < -0.39 is 5.82 Å². The van der Waals surface area contributed by atoms with E-state index in [0.29, 0.717) is 18.8 Å². The van der Waals surface area contributed by atoms with Crippen molar-refractivity contribution in [2.24, 2.45) is 5.73 Å². The summed E-state index contributed by atoms with van der Waals surface area (Å²) >= 11 is 5.68. The summed E-state index contributed by atoms with van der Waals surface area (Å²) in [5.41, 5.74) is 10.2. The molecule has 4 heteroatoms. The fourth-order valence-electron chi connectivity index (χ4n) is 2.28. The lowest BCUT2D eigenvalue weighted by atomic mass is 9.96. The van der Waals surface area contributed by atoms with Crippen LogP contribution in [-0.4, -0.2) is 0 Å². The van der Waals surface area contributed by atoms with Crippen LogP contribution < -0.4 is 5.73 Å². The molecule has 0 aliphatic carbocycles. The first-order valence-electron chi connectivity index (χ1n) is 6.05. The van der Waals surface area contributed by atoms with Crippen LogP contribution in [0.5, 0.6) is 0 Å². The van der Waals surface area contributed by atoms with Gasteiger partial charge in [0.25, 0.3) is 0 Å². The Kier molecular flexibility index (Phi) is 3.27. The number of halogens is 2. The lowest BCUT2D eigenvalue weighted by Crippen LogP contribution is -2.12. The maximum atomic E-state index is 13.5. The Morgan fingerprint density at radius 2 is 1.74 bits per heavy atom. The fraction of sp³-hybridized carbons (Fsp3) is 0.200. The number of benzene rings is 2. The van der Waals surface area contributed by atoms with Gasteiger partial charge < -0.3 is 10.5 Å². The molecule has 2 nitrogen and oxygen atoms in total. The maximum Gasteiger partial charge on any atom is 0.142 e. The van der Waals surface area contributed by atoms with Crippen LogP contribution in [0.4, 0.5) is 4.39 Å². The van der Waals surface area contributed by atoms with Gasteiger partial charge in [0.1, 0.15) is 5.82 Å². The van der Waals surface area contributed by atoms with Gasteiger partial charge in [-0.3, -0.25) is 0 Å². The molecular weight excluding hydrogens is 265 g/mol. The Bertz CT molecular complexity index is 630. The summed E-state index contributed by atoms with van der Waals surface area (Å²) in [7, 11) is 0. The summed E-state index contributed by atoms with van der Waals surface area (Å²) in [6.45, 7) is 1.27. The molecule has 1 aliphatic rings. The molecule has 1 unspecified atom stereocenters. The van der Waals surface area contributed by atoms with Crippen LogP contribution in [0.25, 0.3) is 0 Å². The van der Waals surface area contributed by atoms with E-state index in [0.717, 1.165) is 11.1 Å². The van der Waals surface area contributed by atoms with Gasteiger partial charge in [0.15, 0.2) is 0 Å². The number of hydrogen-bond donors (Lipinski definition) is 1. The zero-order valence-corrected chi connectivity index (χ0v) is 11.0. The Labute approximate surface area is 115 Å². The van der Waals surface area contributed by atoms with Crippen molar-refractivity contribution in [3.05, 3.63) is 69.5 Å². The topological polar surface area (TPSA) is 35.2 Å². The van der Waals surface area contributed by atoms with Gasteiger partial charge in [-0.05, 0) is 34.4 Å². The molecule has 0 amide bonds. The summed E-state index contributed by atoms with van der Waals surface area (Å²) in [5.74, 6) is -0.445. The van der Waals surface area contributed by atoms with Crippen LogP contribution in [0.1, 0.15) is 28.3 Å². The fourth-order valence-corrected chi connectivity index (χ4v) is 2.40. The van der Waals surface area contributed by atoms with Gasteiger partial charge in [0, 0.05) is 0 Å². The number of ether oxygens (including phenoxy) is 1. The molecule has 2 N–H and O–H groups in total. The average molecular weight is 278 g/mol. The van der Waals surface area contributed by atoms with Gasteiger partial charge in [0.2, 0.25) is 0 Å². The third kappa shape index (κ3) is 2.37. The highest BCUT2D eigenvalue weighted by atomic mass is 35.5. The van der Waals surface area contributed by atoms with Gasteiger partial charge in [-0.25, -0.2) is 4.39 Å². The van der Waals surface area contributed by atoms with E-state index in [1.165, 1.54) is 17.7 Å². The second-order valence-electron chi connectivity index (χ2n) is 4.67. The van der Waals surface area contributed by atoms with Crippen LogP contribution in [0.3, 0.4) is 0 Å². The standard InChI is InChI=1S/C15H13ClFNO/c16-13-4-3-10(6-14(13)17)15(18)9-1-2-11-7-19-8-12(11)5-9/h1-6,15H,7-8,18H2. The van der Waals surface area contributed by atoms with Crippen molar-refractivity contribution in [1.29, 1.82) is 0 Å². The molecule has 0 bridgehead atoms. The second-order valence-corrected chi connectivity index (χ2v) is 5.08. The summed E-state index contributed by atoms with van der Waals surface area (Å²) in [6.07, 6.45) is 0. The first kappa shape index (κ1) is 12.6. The molecule has 98 valence electrons. The van der Waals surface area contributed by atoms with E-state index in [9.17, 15) is 4.39 Å². The summed E-state index contributed by atoms with van der Waals surface area (Å²) in [6, 6.07) is 10.3. The first-order valence-corrected chi connectivity index (χ1v) is 6.43. The summed E-state index contributed by atoms with van der Waals surface area (Å²) in [4.78, 5) is 0. The molecule has 2 aromatic carbocycles. The van der Waals surface area contributed by atoms with Crippen LogP contribution in [0, 0.1) is 5.82 Å². The van der Waals surface area contributed by atoms with Crippen molar-refractivity contribution in [2.75, 3.05) is 0 Å². The van der Waals surface area contributed by atoms with E-state index in [1.807, 2.05) is 18.2 Å². The Balaban J connectivity index is 1.94. The Morgan fingerprint density at radius 1 is 1.05 bits per heavy atom. The molecule has 2 aromatic rings. The largest absolute Gasteiger partial charge is 0.372 e. The lowest BCUT2D eigenvalue weighted by molar-refractivity contribution is 0.134. The molecule has 0 spiro atoms. The SMILES string of the molecule is NC(c1ccc(Cl)c(F)c1)c1ccc2c(c1)COC2. The minimum absolute atomic E-state index is 0.110. The first-order chi connectivity index (χ1) is 9.15. The van der Waals surface area contributed by atoms with Crippen LogP contribution >= 0.6 is 11.6 Å². The summed E-state index contributed by atoms with van der Waals surface area (Å²) < 4.78 is 18.8. The van der Waals surface area contributed by atoms with Gasteiger partial charge >= 0.3 is 0 Å². The number of fused-ring (bicyclic) bond motifs is 1. The van der Waals surface area contributed by atoms with Crippen molar-refractivity contribution in [3.8, 4) is 0 Å². The maximum absolute atomic E-state index is 13.5. The second kappa shape index (κ2) is 4.93. The van der Waals surface area contributed by atoms with E-state index in [4.69, 9.17) is 22.1 Å². The zero-order valence-electron chi connectivity index (χ0n) is 10.2. The molecule has 19 heavy (non-hydrogen) atoms. The zero-order chi connectivity index (χ0) is 13.4. The number of nitrogens with two attached hydrogens (primary N) is 1. The average Bonchev–Trinajstić information content (AvgIpc) is 2.88. The predicted molar refractivity (Wildman–Crippen MR) is 72.4 cm³/mol.